The van der Waals surface area contributed by atoms with Gasteiger partial charge in [0.05, 0.1) is 10.7 Å². The van der Waals surface area contributed by atoms with Gasteiger partial charge in [-0.25, -0.2) is 0 Å². The highest BCUT2D eigenvalue weighted by Crippen LogP contribution is 2.35. The molecule has 0 aliphatic rings. The summed E-state index contributed by atoms with van der Waals surface area (Å²) in [6.45, 7) is 0. The third-order valence-corrected chi connectivity index (χ3v) is 3.90. The van der Waals surface area contributed by atoms with Crippen LogP contribution in [-0.2, 0) is 10.0 Å². The number of hydrogen-bond donors (Lipinski definition) is 1. The zero-order chi connectivity index (χ0) is 16.4. The van der Waals surface area contributed by atoms with Crippen LogP contribution in [-0.4, -0.2) is 13.9 Å². The van der Waals surface area contributed by atoms with Gasteiger partial charge in [-0.3, -0.25) is 4.72 Å². The van der Waals surface area contributed by atoms with Crippen LogP contribution in [0, 0.1) is 0 Å². The fourth-order valence-electron chi connectivity index (χ4n) is 1.49. The van der Waals surface area contributed by atoms with E-state index in [-0.39, 0.29) is 22.2 Å². The lowest BCUT2D eigenvalue weighted by Gasteiger charge is -2.15. The molecule has 0 radical (unpaired) electrons. The van der Waals surface area contributed by atoms with E-state index < -0.39 is 15.5 Å². The third kappa shape index (κ3) is 3.63. The first-order chi connectivity index (χ1) is 10.2. The largest absolute Gasteiger partial charge is 0.516 e. The lowest BCUT2D eigenvalue weighted by Crippen LogP contribution is -2.30. The Labute approximate surface area is 129 Å². The molecule has 0 amide bonds. The zero-order valence-electron chi connectivity index (χ0n) is 10.8. The summed E-state index contributed by atoms with van der Waals surface area (Å²) in [5, 5.41) is 0.232. The molecule has 22 heavy (non-hydrogen) atoms. The molecular formula is C13H9ClF3NO3S. The SMILES string of the molecule is O=S(=O)(Nc1ccccc1Oc1ccccc1Cl)C(F)(F)F. The summed E-state index contributed by atoms with van der Waals surface area (Å²) in [6, 6.07) is 11.6. The Morgan fingerprint density at radius 3 is 2.09 bits per heavy atom. The molecule has 0 aliphatic carbocycles. The third-order valence-electron chi connectivity index (χ3n) is 2.49. The van der Waals surface area contributed by atoms with Crippen molar-refractivity contribution in [3.8, 4) is 11.5 Å². The number of halogens is 4. The number of anilines is 1. The molecule has 1 N–H and O–H groups in total. The second-order valence-corrected chi connectivity index (χ2v) is 6.16. The zero-order valence-corrected chi connectivity index (χ0v) is 12.3. The highest BCUT2D eigenvalue weighted by Gasteiger charge is 2.46. The van der Waals surface area contributed by atoms with Crippen LogP contribution in [0.1, 0.15) is 0 Å². The van der Waals surface area contributed by atoms with Crippen LogP contribution in [0.2, 0.25) is 5.02 Å². The van der Waals surface area contributed by atoms with Crippen LogP contribution < -0.4 is 9.46 Å². The molecule has 0 aromatic heterocycles. The van der Waals surface area contributed by atoms with E-state index in [4.69, 9.17) is 16.3 Å². The van der Waals surface area contributed by atoms with Crippen molar-refractivity contribution in [2.75, 3.05) is 4.72 Å². The van der Waals surface area contributed by atoms with E-state index in [1.165, 1.54) is 35.1 Å². The number of alkyl halides is 3. The van der Waals surface area contributed by atoms with E-state index in [0.717, 1.165) is 6.07 Å². The average Bonchev–Trinajstić information content (AvgIpc) is 2.42. The summed E-state index contributed by atoms with van der Waals surface area (Å²) in [5.74, 6) is 0.0752. The highest BCUT2D eigenvalue weighted by molar-refractivity contribution is 7.93. The van der Waals surface area contributed by atoms with Crippen LogP contribution in [0.15, 0.2) is 48.5 Å². The predicted molar refractivity (Wildman–Crippen MR) is 76.6 cm³/mol. The van der Waals surface area contributed by atoms with Crippen LogP contribution >= 0.6 is 11.6 Å². The van der Waals surface area contributed by atoms with Crippen molar-refractivity contribution in [1.29, 1.82) is 0 Å². The van der Waals surface area contributed by atoms with Crippen molar-refractivity contribution in [2.45, 2.75) is 5.51 Å². The Balaban J connectivity index is 2.34. The minimum absolute atomic E-state index is 0.108. The maximum atomic E-state index is 12.4. The quantitative estimate of drug-likeness (QED) is 0.888. The first-order valence-electron chi connectivity index (χ1n) is 5.81. The summed E-state index contributed by atoms with van der Waals surface area (Å²) in [6.07, 6.45) is 0. The van der Waals surface area contributed by atoms with Gasteiger partial charge in [0.25, 0.3) is 0 Å². The molecule has 0 heterocycles. The molecule has 0 atom stereocenters. The number of hydrogen-bond acceptors (Lipinski definition) is 3. The number of benzene rings is 2. The molecule has 0 unspecified atom stereocenters. The van der Waals surface area contributed by atoms with Crippen molar-refractivity contribution in [1.82, 2.24) is 0 Å². The molecule has 9 heteroatoms. The van der Waals surface area contributed by atoms with Crippen LogP contribution in [0.25, 0.3) is 0 Å². The van der Waals surface area contributed by atoms with Gasteiger partial charge >= 0.3 is 15.5 Å². The number of sulfonamides is 1. The first-order valence-corrected chi connectivity index (χ1v) is 7.67. The molecule has 0 saturated heterocycles. The Hall–Kier alpha value is -1.93. The first kappa shape index (κ1) is 16.4. The Bertz CT molecular complexity index is 778. The number of ether oxygens (including phenoxy) is 1. The van der Waals surface area contributed by atoms with Gasteiger partial charge in [0.15, 0.2) is 5.75 Å². The molecule has 4 nitrogen and oxygen atoms in total. The Morgan fingerprint density at radius 2 is 1.50 bits per heavy atom. The van der Waals surface area contributed by atoms with Crippen LogP contribution in [0.4, 0.5) is 18.9 Å². The normalized spacial score (nSPS) is 12.0. The van der Waals surface area contributed by atoms with Crippen molar-refractivity contribution >= 4 is 27.3 Å². The van der Waals surface area contributed by atoms with Crippen LogP contribution in [0.3, 0.4) is 0 Å². The van der Waals surface area contributed by atoms with Crippen LogP contribution in [0.5, 0.6) is 11.5 Å². The van der Waals surface area contributed by atoms with Crippen molar-refractivity contribution < 1.29 is 26.3 Å². The van der Waals surface area contributed by atoms with E-state index in [2.05, 4.69) is 0 Å². The number of para-hydroxylation sites is 3. The summed E-state index contributed by atoms with van der Waals surface area (Å²) < 4.78 is 66.5. The minimum atomic E-state index is -5.54. The molecular weight excluding hydrogens is 343 g/mol. The smallest absolute Gasteiger partial charge is 0.454 e. The lowest BCUT2D eigenvalue weighted by molar-refractivity contribution is -0.0429. The standard InChI is InChI=1S/C13H9ClF3NO3S/c14-9-5-1-3-7-11(9)21-12-8-4-2-6-10(12)18-22(19,20)13(15,16)17/h1-8,18H. The van der Waals surface area contributed by atoms with E-state index in [9.17, 15) is 21.6 Å². The molecule has 2 rings (SSSR count). The fourth-order valence-corrected chi connectivity index (χ4v) is 2.24. The molecule has 0 spiro atoms. The van der Waals surface area contributed by atoms with E-state index in [1.54, 1.807) is 12.1 Å². The maximum absolute atomic E-state index is 12.4. The second kappa shape index (κ2) is 6.05. The monoisotopic (exact) mass is 351 g/mol. The van der Waals surface area contributed by atoms with Gasteiger partial charge in [0.2, 0.25) is 0 Å². The highest BCUT2D eigenvalue weighted by atomic mass is 35.5. The lowest BCUT2D eigenvalue weighted by atomic mass is 10.3. The van der Waals surface area contributed by atoms with E-state index in [0.29, 0.717) is 0 Å². The maximum Gasteiger partial charge on any atom is 0.516 e. The minimum Gasteiger partial charge on any atom is -0.454 e. The molecule has 2 aromatic carbocycles. The summed E-state index contributed by atoms with van der Waals surface area (Å²) in [7, 11) is -5.54. The molecule has 0 saturated carbocycles. The van der Waals surface area contributed by atoms with Gasteiger partial charge < -0.3 is 4.74 Å². The van der Waals surface area contributed by atoms with Gasteiger partial charge in [-0.15, -0.1) is 0 Å². The molecule has 2 aromatic rings. The Kier molecular flexibility index (Phi) is 4.52. The van der Waals surface area contributed by atoms with Crippen molar-refractivity contribution in [2.24, 2.45) is 0 Å². The van der Waals surface area contributed by atoms with Gasteiger partial charge in [-0.05, 0) is 24.3 Å². The van der Waals surface area contributed by atoms with Crippen molar-refractivity contribution in [3.63, 3.8) is 0 Å². The number of rotatable bonds is 4. The van der Waals surface area contributed by atoms with Crippen molar-refractivity contribution in [3.05, 3.63) is 53.6 Å². The van der Waals surface area contributed by atoms with E-state index in [1.807, 2.05) is 0 Å². The molecule has 0 aliphatic heterocycles. The average molecular weight is 352 g/mol. The number of nitrogens with one attached hydrogen (secondary N) is 1. The fraction of sp³-hybridized carbons (Fsp3) is 0.0769. The molecule has 118 valence electrons. The topological polar surface area (TPSA) is 55.4 Å². The summed E-state index contributed by atoms with van der Waals surface area (Å²) in [4.78, 5) is 0. The second-order valence-electron chi connectivity index (χ2n) is 4.08. The predicted octanol–water partition coefficient (Wildman–Crippen LogP) is 4.39. The Morgan fingerprint density at radius 1 is 0.955 bits per heavy atom. The van der Waals surface area contributed by atoms with Gasteiger partial charge in [-0.1, -0.05) is 35.9 Å². The summed E-state index contributed by atoms with van der Waals surface area (Å²) in [5.41, 5.74) is -5.77. The van der Waals surface area contributed by atoms with Gasteiger partial charge in [-0.2, -0.15) is 21.6 Å². The molecule has 0 bridgehead atoms. The van der Waals surface area contributed by atoms with Gasteiger partial charge in [0, 0.05) is 0 Å². The molecule has 0 fully saturated rings. The summed E-state index contributed by atoms with van der Waals surface area (Å²) >= 11 is 5.89. The van der Waals surface area contributed by atoms with E-state index >= 15 is 0 Å². The van der Waals surface area contributed by atoms with Gasteiger partial charge in [0.1, 0.15) is 5.75 Å².